The Labute approximate surface area is 184 Å². The fourth-order valence-electron chi connectivity index (χ4n) is 3.73. The van der Waals surface area contributed by atoms with E-state index >= 15 is 0 Å². The highest BCUT2D eigenvalue weighted by atomic mass is 19.1. The van der Waals surface area contributed by atoms with E-state index in [4.69, 9.17) is 10.7 Å². The van der Waals surface area contributed by atoms with Crippen molar-refractivity contribution < 1.29 is 4.39 Å². The highest BCUT2D eigenvalue weighted by Gasteiger charge is 2.18. The Morgan fingerprint density at radius 1 is 0.938 bits per heavy atom. The van der Waals surface area contributed by atoms with E-state index < -0.39 is 0 Å². The molecule has 0 fully saturated rings. The highest BCUT2D eigenvalue weighted by Crippen LogP contribution is 2.33. The maximum atomic E-state index is 13.5. The van der Waals surface area contributed by atoms with Gasteiger partial charge >= 0.3 is 0 Å². The fraction of sp³-hybridized carbons (Fsp3) is 0.0800. The smallest absolute Gasteiger partial charge is 0.236 e. The summed E-state index contributed by atoms with van der Waals surface area (Å²) >= 11 is 0. The number of imidazole rings is 1. The van der Waals surface area contributed by atoms with Gasteiger partial charge in [0.25, 0.3) is 0 Å². The van der Waals surface area contributed by atoms with Gasteiger partial charge in [0.2, 0.25) is 5.78 Å². The first-order valence-electron chi connectivity index (χ1n) is 10.3. The Morgan fingerprint density at radius 3 is 2.50 bits per heavy atom. The Bertz CT molecular complexity index is 1380. The van der Waals surface area contributed by atoms with Crippen LogP contribution in [0.2, 0.25) is 0 Å². The molecule has 7 heteroatoms. The lowest BCUT2D eigenvalue weighted by molar-refractivity contribution is 0.628. The zero-order valence-corrected chi connectivity index (χ0v) is 17.4. The molecule has 0 saturated carbocycles. The van der Waals surface area contributed by atoms with E-state index in [0.29, 0.717) is 17.3 Å². The maximum absolute atomic E-state index is 13.5. The largest absolute Gasteiger partial charge is 0.384 e. The molecule has 3 aromatic heterocycles. The monoisotopic (exact) mass is 424 g/mol. The van der Waals surface area contributed by atoms with E-state index in [-0.39, 0.29) is 11.9 Å². The van der Waals surface area contributed by atoms with Gasteiger partial charge < -0.3 is 11.1 Å². The minimum atomic E-state index is -0.299. The molecule has 6 nitrogen and oxygen atoms in total. The quantitative estimate of drug-likeness (QED) is 0.397. The van der Waals surface area contributed by atoms with Crippen LogP contribution in [-0.4, -0.2) is 19.4 Å². The second kappa shape index (κ2) is 8.11. The molecule has 158 valence electrons. The van der Waals surface area contributed by atoms with Gasteiger partial charge in [0.1, 0.15) is 17.5 Å². The molecule has 5 aromatic rings. The molecule has 0 aliphatic heterocycles. The second-order valence-electron chi connectivity index (χ2n) is 7.54. The van der Waals surface area contributed by atoms with Crippen molar-refractivity contribution in [1.29, 1.82) is 0 Å². The lowest BCUT2D eigenvalue weighted by Gasteiger charge is -2.15. The predicted octanol–water partition coefficient (Wildman–Crippen LogP) is 5.35. The van der Waals surface area contributed by atoms with Crippen molar-refractivity contribution >= 4 is 17.4 Å². The molecule has 0 radical (unpaired) electrons. The molecule has 1 atom stereocenters. The third-order valence-corrected chi connectivity index (χ3v) is 5.33. The third kappa shape index (κ3) is 3.76. The number of aromatic nitrogens is 4. The number of benzene rings is 2. The standard InChI is InChI=1S/C25H21FN6/c1-16(17-5-3-2-4-6-17)29-22-15-19(11-13-28-22)24-23(18-7-9-20(26)10-8-18)31-25-30-21(27)12-14-32(24)25/h2-16H,1H3,(H,28,29)(H2,27,30,31)/t16-/m0/s1. The Kier molecular flexibility index (Phi) is 4.99. The average molecular weight is 424 g/mol. The van der Waals surface area contributed by atoms with Gasteiger partial charge in [-0.25, -0.2) is 14.4 Å². The zero-order chi connectivity index (χ0) is 22.1. The summed E-state index contributed by atoms with van der Waals surface area (Å²) in [6.07, 6.45) is 3.60. The van der Waals surface area contributed by atoms with Crippen LogP contribution in [0, 0.1) is 5.82 Å². The Morgan fingerprint density at radius 2 is 1.72 bits per heavy atom. The number of rotatable bonds is 5. The number of anilines is 2. The van der Waals surface area contributed by atoms with E-state index in [1.54, 1.807) is 24.4 Å². The Hall–Kier alpha value is -4.26. The number of nitrogens with two attached hydrogens (primary N) is 1. The molecule has 0 bridgehead atoms. The zero-order valence-electron chi connectivity index (χ0n) is 17.4. The summed E-state index contributed by atoms with van der Waals surface area (Å²) in [5, 5.41) is 3.46. The molecule has 0 aliphatic rings. The van der Waals surface area contributed by atoms with Crippen LogP contribution in [0.3, 0.4) is 0 Å². The molecule has 3 heterocycles. The summed E-state index contributed by atoms with van der Waals surface area (Å²) in [5.41, 5.74) is 10.3. The molecule has 0 spiro atoms. The number of hydrogen-bond donors (Lipinski definition) is 2. The summed E-state index contributed by atoms with van der Waals surface area (Å²) in [5.74, 6) is 1.30. The minimum Gasteiger partial charge on any atom is -0.384 e. The first-order chi connectivity index (χ1) is 15.6. The molecular formula is C25H21FN6. The number of pyridine rings is 1. The highest BCUT2D eigenvalue weighted by molar-refractivity contribution is 5.82. The predicted molar refractivity (Wildman–Crippen MR) is 125 cm³/mol. The van der Waals surface area contributed by atoms with Crippen molar-refractivity contribution in [1.82, 2.24) is 19.4 Å². The lowest BCUT2D eigenvalue weighted by atomic mass is 10.1. The fourth-order valence-corrected chi connectivity index (χ4v) is 3.73. The molecule has 2 aromatic carbocycles. The van der Waals surface area contributed by atoms with Gasteiger partial charge in [0.05, 0.1) is 11.4 Å². The van der Waals surface area contributed by atoms with Crippen molar-refractivity contribution in [3.05, 3.63) is 96.6 Å². The van der Waals surface area contributed by atoms with Gasteiger partial charge in [-0.1, -0.05) is 30.3 Å². The second-order valence-corrected chi connectivity index (χ2v) is 7.54. The van der Waals surface area contributed by atoms with Crippen LogP contribution in [0.5, 0.6) is 0 Å². The number of nitrogens with zero attached hydrogens (tertiary/aromatic N) is 4. The van der Waals surface area contributed by atoms with Crippen LogP contribution in [0.15, 0.2) is 85.2 Å². The first kappa shape index (κ1) is 19.7. The molecule has 0 unspecified atom stereocenters. The maximum Gasteiger partial charge on any atom is 0.236 e. The molecule has 0 saturated heterocycles. The number of nitrogen functional groups attached to an aromatic ring is 1. The van der Waals surface area contributed by atoms with E-state index in [0.717, 1.165) is 22.6 Å². The molecule has 3 N–H and O–H groups in total. The van der Waals surface area contributed by atoms with Crippen LogP contribution < -0.4 is 11.1 Å². The van der Waals surface area contributed by atoms with Crippen molar-refractivity contribution in [2.75, 3.05) is 11.1 Å². The van der Waals surface area contributed by atoms with Gasteiger partial charge in [-0.05, 0) is 55.0 Å². The van der Waals surface area contributed by atoms with Crippen molar-refractivity contribution in [3.63, 3.8) is 0 Å². The van der Waals surface area contributed by atoms with Gasteiger partial charge in [-0.3, -0.25) is 4.40 Å². The van der Waals surface area contributed by atoms with Crippen LogP contribution in [0.1, 0.15) is 18.5 Å². The number of halogens is 1. The topological polar surface area (TPSA) is 81.1 Å². The third-order valence-electron chi connectivity index (χ3n) is 5.33. The number of hydrogen-bond acceptors (Lipinski definition) is 5. The van der Waals surface area contributed by atoms with Crippen LogP contribution in [-0.2, 0) is 0 Å². The summed E-state index contributed by atoms with van der Waals surface area (Å²) in [4.78, 5) is 13.6. The molecule has 0 amide bonds. The van der Waals surface area contributed by atoms with Crippen molar-refractivity contribution in [3.8, 4) is 22.5 Å². The van der Waals surface area contributed by atoms with Gasteiger partial charge in [-0.2, -0.15) is 4.98 Å². The van der Waals surface area contributed by atoms with E-state index in [2.05, 4.69) is 34.3 Å². The molecule has 32 heavy (non-hydrogen) atoms. The summed E-state index contributed by atoms with van der Waals surface area (Å²) in [7, 11) is 0. The van der Waals surface area contributed by atoms with Crippen molar-refractivity contribution in [2.24, 2.45) is 0 Å². The normalized spacial score (nSPS) is 12.1. The Balaban J connectivity index is 1.60. The molecule has 5 rings (SSSR count). The summed E-state index contributed by atoms with van der Waals surface area (Å²) < 4.78 is 15.4. The molecular weight excluding hydrogens is 403 g/mol. The molecule has 0 aliphatic carbocycles. The van der Waals surface area contributed by atoms with E-state index in [1.165, 1.54) is 17.7 Å². The van der Waals surface area contributed by atoms with E-state index in [1.807, 2.05) is 40.9 Å². The van der Waals surface area contributed by atoms with Gasteiger partial charge in [0, 0.05) is 29.6 Å². The first-order valence-corrected chi connectivity index (χ1v) is 10.3. The van der Waals surface area contributed by atoms with E-state index in [9.17, 15) is 4.39 Å². The van der Waals surface area contributed by atoms with Crippen LogP contribution in [0.4, 0.5) is 16.0 Å². The van der Waals surface area contributed by atoms with Crippen LogP contribution >= 0.6 is 0 Å². The van der Waals surface area contributed by atoms with Crippen LogP contribution in [0.25, 0.3) is 28.3 Å². The number of nitrogens with one attached hydrogen (secondary N) is 1. The summed E-state index contributed by atoms with van der Waals surface area (Å²) in [6.45, 7) is 2.09. The van der Waals surface area contributed by atoms with Gasteiger partial charge in [-0.15, -0.1) is 0 Å². The van der Waals surface area contributed by atoms with Crippen molar-refractivity contribution in [2.45, 2.75) is 13.0 Å². The summed E-state index contributed by atoms with van der Waals surface area (Å²) in [6, 6.07) is 22.2. The minimum absolute atomic E-state index is 0.0826. The lowest BCUT2D eigenvalue weighted by Crippen LogP contribution is -2.07. The SMILES string of the molecule is C[C@H](Nc1cc(-c2c(-c3ccc(F)cc3)nc3nc(N)ccn23)ccn1)c1ccccc1. The van der Waals surface area contributed by atoms with Gasteiger partial charge in [0.15, 0.2) is 0 Å². The average Bonchev–Trinajstić information content (AvgIpc) is 3.19. The number of fused-ring (bicyclic) bond motifs is 1.